The summed E-state index contributed by atoms with van der Waals surface area (Å²) in [7, 11) is 0. The number of aryl methyl sites for hydroxylation is 1. The molecule has 0 radical (unpaired) electrons. The van der Waals surface area contributed by atoms with Gasteiger partial charge >= 0.3 is 0 Å². The summed E-state index contributed by atoms with van der Waals surface area (Å²) in [6, 6.07) is 1.59. The minimum atomic E-state index is -0.0319. The zero-order valence-electron chi connectivity index (χ0n) is 6.74. The highest BCUT2D eigenvalue weighted by Crippen LogP contribution is 1.94. The van der Waals surface area contributed by atoms with Gasteiger partial charge in [0.1, 0.15) is 0 Å². The molecule has 0 fully saturated rings. The van der Waals surface area contributed by atoms with Gasteiger partial charge in [-0.05, 0) is 6.42 Å². The molecular formula is C8H9N3O. The highest BCUT2D eigenvalue weighted by molar-refractivity contribution is 5.36. The van der Waals surface area contributed by atoms with Crippen LogP contribution in [-0.2, 0) is 6.42 Å². The highest BCUT2D eigenvalue weighted by Gasteiger charge is 1.99. The number of aromatic nitrogens is 3. The number of nitrogens with one attached hydrogen (secondary N) is 1. The number of fused-ring (bicyclic) bond motifs is 1. The molecule has 0 aliphatic rings. The predicted molar refractivity (Wildman–Crippen MR) is 45.2 cm³/mol. The van der Waals surface area contributed by atoms with Gasteiger partial charge in [0.2, 0.25) is 5.43 Å². The molecule has 4 heteroatoms. The van der Waals surface area contributed by atoms with Crippen molar-refractivity contribution in [3.05, 3.63) is 34.4 Å². The average molecular weight is 163 g/mol. The molecule has 2 heterocycles. The quantitative estimate of drug-likeness (QED) is 0.668. The number of aromatic amines is 1. The van der Waals surface area contributed by atoms with E-state index in [0.717, 1.165) is 12.1 Å². The Kier molecular flexibility index (Phi) is 1.46. The minimum Gasteiger partial charge on any atom is -0.297 e. The second kappa shape index (κ2) is 2.48. The molecule has 1 N–H and O–H groups in total. The molecular weight excluding hydrogens is 154 g/mol. The Balaban J connectivity index is 2.84. The van der Waals surface area contributed by atoms with Crippen molar-refractivity contribution >= 4 is 5.65 Å². The van der Waals surface area contributed by atoms with Gasteiger partial charge in [0, 0.05) is 24.2 Å². The van der Waals surface area contributed by atoms with E-state index >= 15 is 0 Å². The van der Waals surface area contributed by atoms with E-state index in [-0.39, 0.29) is 5.43 Å². The molecule has 0 saturated heterocycles. The maximum atomic E-state index is 11.3. The van der Waals surface area contributed by atoms with Crippen molar-refractivity contribution in [3.63, 3.8) is 0 Å². The van der Waals surface area contributed by atoms with Crippen molar-refractivity contribution in [2.75, 3.05) is 0 Å². The van der Waals surface area contributed by atoms with Crippen LogP contribution >= 0.6 is 0 Å². The van der Waals surface area contributed by atoms with Gasteiger partial charge < -0.3 is 0 Å². The van der Waals surface area contributed by atoms with Gasteiger partial charge in [-0.2, -0.15) is 0 Å². The summed E-state index contributed by atoms with van der Waals surface area (Å²) in [4.78, 5) is 15.2. The first-order valence-corrected chi connectivity index (χ1v) is 3.86. The van der Waals surface area contributed by atoms with Crippen LogP contribution in [0.1, 0.15) is 12.6 Å². The fourth-order valence-corrected chi connectivity index (χ4v) is 1.17. The lowest BCUT2D eigenvalue weighted by Gasteiger charge is -1.97. The van der Waals surface area contributed by atoms with Crippen LogP contribution in [-0.4, -0.2) is 14.6 Å². The van der Waals surface area contributed by atoms with Crippen LogP contribution in [0.15, 0.2) is 23.3 Å². The first kappa shape index (κ1) is 7.09. The van der Waals surface area contributed by atoms with Crippen molar-refractivity contribution in [3.8, 4) is 0 Å². The number of rotatable bonds is 1. The molecule has 0 aliphatic heterocycles. The molecule has 0 aromatic carbocycles. The van der Waals surface area contributed by atoms with Gasteiger partial charge in [-0.3, -0.25) is 9.89 Å². The fourth-order valence-electron chi connectivity index (χ4n) is 1.17. The predicted octanol–water partition coefficient (Wildman–Crippen LogP) is 0.585. The Labute approximate surface area is 68.8 Å². The minimum absolute atomic E-state index is 0.0319. The van der Waals surface area contributed by atoms with Crippen molar-refractivity contribution in [2.45, 2.75) is 13.3 Å². The summed E-state index contributed by atoms with van der Waals surface area (Å²) in [5.41, 5.74) is 1.34. The van der Waals surface area contributed by atoms with Crippen molar-refractivity contribution in [1.29, 1.82) is 0 Å². The monoisotopic (exact) mass is 163 g/mol. The molecule has 0 amide bonds. The van der Waals surface area contributed by atoms with E-state index in [9.17, 15) is 4.79 Å². The summed E-state index contributed by atoms with van der Waals surface area (Å²) >= 11 is 0. The fraction of sp³-hybridized carbons (Fsp3) is 0.250. The summed E-state index contributed by atoms with van der Waals surface area (Å²) in [5, 5.41) is 3.05. The van der Waals surface area contributed by atoms with Gasteiger partial charge in [0.25, 0.3) is 0 Å². The SMILES string of the molecule is CCc1cc(=O)c2nccn2[nH]1. The second-order valence-corrected chi connectivity index (χ2v) is 2.62. The van der Waals surface area contributed by atoms with Crippen LogP contribution in [0, 0.1) is 0 Å². The molecule has 2 aromatic rings. The lowest BCUT2D eigenvalue weighted by molar-refractivity contribution is 0.856. The molecule has 4 nitrogen and oxygen atoms in total. The topological polar surface area (TPSA) is 50.2 Å². The molecule has 0 unspecified atom stereocenters. The van der Waals surface area contributed by atoms with E-state index in [2.05, 4.69) is 10.1 Å². The third-order valence-electron chi connectivity index (χ3n) is 1.81. The lowest BCUT2D eigenvalue weighted by atomic mass is 10.3. The van der Waals surface area contributed by atoms with Gasteiger partial charge in [0.05, 0.1) is 0 Å². The normalized spacial score (nSPS) is 10.8. The Bertz CT molecular complexity index is 455. The van der Waals surface area contributed by atoms with Crippen LogP contribution in [0.25, 0.3) is 5.65 Å². The molecule has 0 spiro atoms. The molecule has 0 atom stereocenters. The van der Waals surface area contributed by atoms with Gasteiger partial charge in [-0.1, -0.05) is 6.92 Å². The number of nitrogens with zero attached hydrogens (tertiary/aromatic N) is 2. The first-order chi connectivity index (χ1) is 5.81. The van der Waals surface area contributed by atoms with Crippen LogP contribution in [0.2, 0.25) is 0 Å². The lowest BCUT2D eigenvalue weighted by Crippen LogP contribution is -2.09. The van der Waals surface area contributed by atoms with Gasteiger partial charge in [-0.25, -0.2) is 9.50 Å². The summed E-state index contributed by atoms with van der Waals surface area (Å²) in [6.45, 7) is 1.99. The van der Waals surface area contributed by atoms with E-state index in [1.54, 1.807) is 23.0 Å². The van der Waals surface area contributed by atoms with E-state index in [0.29, 0.717) is 5.65 Å². The largest absolute Gasteiger partial charge is 0.297 e. The first-order valence-electron chi connectivity index (χ1n) is 3.86. The van der Waals surface area contributed by atoms with Crippen molar-refractivity contribution in [2.24, 2.45) is 0 Å². The number of hydrogen-bond acceptors (Lipinski definition) is 2. The highest BCUT2D eigenvalue weighted by atomic mass is 16.1. The number of H-pyrrole nitrogens is 1. The molecule has 0 aliphatic carbocycles. The molecule has 62 valence electrons. The van der Waals surface area contributed by atoms with E-state index in [1.807, 2.05) is 6.92 Å². The Hall–Kier alpha value is -1.58. The molecule has 2 aromatic heterocycles. The summed E-state index contributed by atoms with van der Waals surface area (Å²) in [5.74, 6) is 0. The maximum absolute atomic E-state index is 11.3. The molecule has 0 bridgehead atoms. The Morgan fingerprint density at radius 3 is 3.25 bits per heavy atom. The zero-order chi connectivity index (χ0) is 8.55. The van der Waals surface area contributed by atoms with Crippen LogP contribution in [0.3, 0.4) is 0 Å². The van der Waals surface area contributed by atoms with Crippen LogP contribution in [0.4, 0.5) is 0 Å². The number of imidazole rings is 1. The Morgan fingerprint density at radius 2 is 2.50 bits per heavy atom. The Morgan fingerprint density at radius 1 is 1.67 bits per heavy atom. The third-order valence-corrected chi connectivity index (χ3v) is 1.81. The second-order valence-electron chi connectivity index (χ2n) is 2.62. The van der Waals surface area contributed by atoms with Crippen LogP contribution < -0.4 is 5.43 Å². The molecule has 2 rings (SSSR count). The van der Waals surface area contributed by atoms with Crippen LogP contribution in [0.5, 0.6) is 0 Å². The average Bonchev–Trinajstić information content (AvgIpc) is 2.52. The van der Waals surface area contributed by atoms with E-state index in [1.165, 1.54) is 0 Å². The van der Waals surface area contributed by atoms with Crippen molar-refractivity contribution < 1.29 is 0 Å². The smallest absolute Gasteiger partial charge is 0.224 e. The maximum Gasteiger partial charge on any atom is 0.224 e. The van der Waals surface area contributed by atoms with E-state index in [4.69, 9.17) is 0 Å². The van der Waals surface area contributed by atoms with E-state index < -0.39 is 0 Å². The third kappa shape index (κ3) is 0.922. The summed E-state index contributed by atoms with van der Waals surface area (Å²) in [6.07, 6.45) is 4.16. The van der Waals surface area contributed by atoms with Crippen molar-refractivity contribution in [1.82, 2.24) is 14.6 Å². The molecule has 12 heavy (non-hydrogen) atoms. The zero-order valence-corrected chi connectivity index (χ0v) is 6.74. The number of hydrogen-bond donors (Lipinski definition) is 1. The molecule has 0 saturated carbocycles. The summed E-state index contributed by atoms with van der Waals surface area (Å²) < 4.78 is 1.64. The van der Waals surface area contributed by atoms with Gasteiger partial charge in [0.15, 0.2) is 5.65 Å². The standard InChI is InChI=1S/C8H9N3O/c1-2-6-5-7(12)8-9-3-4-11(8)10-6/h3-5,10H,2H2,1H3. The van der Waals surface area contributed by atoms with Gasteiger partial charge in [-0.15, -0.1) is 0 Å².